The Morgan fingerprint density at radius 3 is 1.85 bits per heavy atom. The number of ketones is 2. The minimum Gasteiger partial charge on any atom is -0.497 e. The monoisotopic (exact) mass is 456 g/mol. The van der Waals surface area contributed by atoms with Gasteiger partial charge in [0.1, 0.15) is 5.75 Å². The number of rotatable bonds is 10. The van der Waals surface area contributed by atoms with Gasteiger partial charge in [-0.15, -0.1) is 0 Å². The molecule has 0 aliphatic heterocycles. The maximum atomic E-state index is 13.8. The zero-order chi connectivity index (χ0) is 24.5. The van der Waals surface area contributed by atoms with E-state index in [1.54, 1.807) is 75.6 Å². The SMILES string of the molecule is CCOC(=O)/C(C)=C/C(c1ccccc1)C(C(=O)c1ccccc1)C(=O)c1ccc(OC)cc1. The van der Waals surface area contributed by atoms with Crippen molar-refractivity contribution in [1.82, 2.24) is 0 Å². The largest absolute Gasteiger partial charge is 0.497 e. The molecule has 0 N–H and O–H groups in total. The molecular formula is C29H28O5. The van der Waals surface area contributed by atoms with Crippen LogP contribution in [0.1, 0.15) is 46.0 Å². The quantitative estimate of drug-likeness (QED) is 0.170. The lowest BCUT2D eigenvalue weighted by Gasteiger charge is -2.24. The molecule has 2 unspecified atom stereocenters. The summed E-state index contributed by atoms with van der Waals surface area (Å²) in [4.78, 5) is 40.0. The average Bonchev–Trinajstić information content (AvgIpc) is 2.89. The number of allylic oxidation sites excluding steroid dienone is 1. The summed E-state index contributed by atoms with van der Waals surface area (Å²) < 4.78 is 10.4. The molecule has 0 fully saturated rings. The molecule has 0 radical (unpaired) electrons. The third kappa shape index (κ3) is 5.87. The minimum atomic E-state index is -1.08. The van der Waals surface area contributed by atoms with Crippen LogP contribution < -0.4 is 4.74 Å². The van der Waals surface area contributed by atoms with Crippen LogP contribution in [0.3, 0.4) is 0 Å². The normalized spacial score (nSPS) is 13.0. The average molecular weight is 457 g/mol. The standard InChI is InChI=1S/C29H28O5/c1-4-34-29(32)20(2)19-25(21-11-7-5-8-12-21)26(27(30)22-13-9-6-10-14-22)28(31)23-15-17-24(33-3)18-16-23/h5-19,25-26H,4H2,1-3H3/b20-19+. The molecular weight excluding hydrogens is 428 g/mol. The predicted octanol–water partition coefficient (Wildman–Crippen LogP) is 5.67. The molecule has 0 saturated heterocycles. The molecule has 2 atom stereocenters. The molecule has 0 heterocycles. The van der Waals surface area contributed by atoms with Crippen LogP contribution in [0.2, 0.25) is 0 Å². The molecule has 3 aromatic carbocycles. The van der Waals surface area contributed by atoms with Gasteiger partial charge in [0.2, 0.25) is 0 Å². The molecule has 0 aliphatic rings. The lowest BCUT2D eigenvalue weighted by Crippen LogP contribution is -2.30. The third-order valence-corrected chi connectivity index (χ3v) is 5.57. The first-order chi connectivity index (χ1) is 16.5. The van der Waals surface area contributed by atoms with Crippen LogP contribution in [0.25, 0.3) is 0 Å². The Bertz CT molecular complexity index is 1150. The number of methoxy groups -OCH3 is 1. The van der Waals surface area contributed by atoms with Crippen LogP contribution in [0.15, 0.2) is 96.6 Å². The molecule has 0 saturated carbocycles. The lowest BCUT2D eigenvalue weighted by atomic mass is 9.76. The highest BCUT2D eigenvalue weighted by molar-refractivity contribution is 6.17. The van der Waals surface area contributed by atoms with Crippen molar-refractivity contribution in [3.05, 3.63) is 113 Å². The Balaban J connectivity index is 2.16. The van der Waals surface area contributed by atoms with Crippen LogP contribution in [0.5, 0.6) is 5.75 Å². The maximum absolute atomic E-state index is 13.8. The number of carbonyl (C=O) groups excluding carboxylic acids is 3. The van der Waals surface area contributed by atoms with Crippen molar-refractivity contribution in [3.63, 3.8) is 0 Å². The van der Waals surface area contributed by atoms with Crippen molar-refractivity contribution in [1.29, 1.82) is 0 Å². The number of benzene rings is 3. The van der Waals surface area contributed by atoms with Crippen LogP contribution in [0.4, 0.5) is 0 Å². The van der Waals surface area contributed by atoms with E-state index in [1.165, 1.54) is 0 Å². The predicted molar refractivity (Wildman–Crippen MR) is 131 cm³/mol. The van der Waals surface area contributed by atoms with Gasteiger partial charge in [-0.2, -0.15) is 0 Å². The van der Waals surface area contributed by atoms with Gasteiger partial charge in [0, 0.05) is 22.6 Å². The van der Waals surface area contributed by atoms with Crippen molar-refractivity contribution in [2.45, 2.75) is 19.8 Å². The highest BCUT2D eigenvalue weighted by atomic mass is 16.5. The van der Waals surface area contributed by atoms with Crippen LogP contribution in [-0.2, 0) is 9.53 Å². The van der Waals surface area contributed by atoms with Crippen LogP contribution >= 0.6 is 0 Å². The second kappa shape index (κ2) is 11.8. The van der Waals surface area contributed by atoms with Gasteiger partial charge in [-0.05, 0) is 43.7 Å². The van der Waals surface area contributed by atoms with E-state index in [0.29, 0.717) is 22.4 Å². The van der Waals surface area contributed by atoms with E-state index in [4.69, 9.17) is 9.47 Å². The first-order valence-electron chi connectivity index (χ1n) is 11.1. The number of Topliss-reactive ketones (excluding diaryl/α,β-unsaturated/α-hetero) is 2. The number of hydrogen-bond acceptors (Lipinski definition) is 5. The number of hydrogen-bond donors (Lipinski definition) is 0. The van der Waals surface area contributed by atoms with Gasteiger partial charge in [0.25, 0.3) is 0 Å². The Labute approximate surface area is 200 Å². The van der Waals surface area contributed by atoms with E-state index in [2.05, 4.69) is 0 Å². The van der Waals surface area contributed by atoms with E-state index in [9.17, 15) is 14.4 Å². The molecule has 5 nitrogen and oxygen atoms in total. The van der Waals surface area contributed by atoms with Gasteiger partial charge < -0.3 is 9.47 Å². The first-order valence-corrected chi connectivity index (χ1v) is 11.1. The summed E-state index contributed by atoms with van der Waals surface area (Å²) in [5.74, 6) is -2.27. The molecule has 0 bridgehead atoms. The van der Waals surface area contributed by atoms with Crippen LogP contribution in [-0.4, -0.2) is 31.3 Å². The summed E-state index contributed by atoms with van der Waals surface area (Å²) in [5.41, 5.74) is 1.90. The molecule has 34 heavy (non-hydrogen) atoms. The van der Waals surface area contributed by atoms with E-state index >= 15 is 0 Å². The summed E-state index contributed by atoms with van der Waals surface area (Å²) in [5, 5.41) is 0. The molecule has 0 amide bonds. The van der Waals surface area contributed by atoms with E-state index in [1.807, 2.05) is 36.4 Å². The van der Waals surface area contributed by atoms with Gasteiger partial charge in [-0.25, -0.2) is 4.79 Å². The van der Waals surface area contributed by atoms with Crippen molar-refractivity contribution < 1.29 is 23.9 Å². The van der Waals surface area contributed by atoms with E-state index in [-0.39, 0.29) is 18.2 Å². The molecule has 0 aromatic heterocycles. The summed E-state index contributed by atoms with van der Waals surface area (Å²) >= 11 is 0. The number of carbonyl (C=O) groups is 3. The fraction of sp³-hybridized carbons (Fsp3) is 0.207. The zero-order valence-electron chi connectivity index (χ0n) is 19.6. The Kier molecular flexibility index (Phi) is 8.52. The second-order valence-electron chi connectivity index (χ2n) is 7.81. The second-order valence-corrected chi connectivity index (χ2v) is 7.81. The lowest BCUT2D eigenvalue weighted by molar-refractivity contribution is -0.138. The highest BCUT2D eigenvalue weighted by Crippen LogP contribution is 2.33. The summed E-state index contributed by atoms with van der Waals surface area (Å²) in [6, 6.07) is 24.7. The van der Waals surface area contributed by atoms with Crippen molar-refractivity contribution in [3.8, 4) is 5.75 Å². The third-order valence-electron chi connectivity index (χ3n) is 5.57. The highest BCUT2D eigenvalue weighted by Gasteiger charge is 2.36. The minimum absolute atomic E-state index is 0.233. The van der Waals surface area contributed by atoms with E-state index in [0.717, 1.165) is 5.56 Å². The molecule has 174 valence electrons. The smallest absolute Gasteiger partial charge is 0.333 e. The van der Waals surface area contributed by atoms with Gasteiger partial charge in [0.15, 0.2) is 11.6 Å². The Hall–Kier alpha value is -3.99. The van der Waals surface area contributed by atoms with Crippen molar-refractivity contribution in [2.24, 2.45) is 5.92 Å². The fourth-order valence-electron chi connectivity index (χ4n) is 3.80. The Morgan fingerprint density at radius 2 is 1.32 bits per heavy atom. The Morgan fingerprint density at radius 1 is 0.794 bits per heavy atom. The molecule has 3 aromatic rings. The summed E-state index contributed by atoms with van der Waals surface area (Å²) in [6.45, 7) is 3.60. The van der Waals surface area contributed by atoms with Gasteiger partial charge in [0.05, 0.1) is 19.6 Å². The molecule has 5 heteroatoms. The van der Waals surface area contributed by atoms with E-state index < -0.39 is 17.8 Å². The van der Waals surface area contributed by atoms with Gasteiger partial charge >= 0.3 is 5.97 Å². The molecule has 3 rings (SSSR count). The fourth-order valence-corrected chi connectivity index (χ4v) is 3.80. The molecule has 0 spiro atoms. The van der Waals surface area contributed by atoms with Crippen LogP contribution in [0, 0.1) is 5.92 Å². The summed E-state index contributed by atoms with van der Waals surface area (Å²) in [6.07, 6.45) is 1.67. The van der Waals surface area contributed by atoms with Gasteiger partial charge in [-0.1, -0.05) is 66.7 Å². The number of esters is 1. The molecule has 0 aliphatic carbocycles. The van der Waals surface area contributed by atoms with Gasteiger partial charge in [-0.3, -0.25) is 9.59 Å². The first kappa shape index (κ1) is 24.6. The topological polar surface area (TPSA) is 69.7 Å². The summed E-state index contributed by atoms with van der Waals surface area (Å²) in [7, 11) is 1.55. The van der Waals surface area contributed by atoms with Crippen molar-refractivity contribution >= 4 is 17.5 Å². The van der Waals surface area contributed by atoms with Crippen molar-refractivity contribution in [2.75, 3.05) is 13.7 Å². The number of ether oxygens (including phenoxy) is 2. The maximum Gasteiger partial charge on any atom is 0.333 e. The zero-order valence-corrected chi connectivity index (χ0v) is 19.6.